The van der Waals surface area contributed by atoms with Crippen LogP contribution in [0.4, 0.5) is 0 Å². The fourth-order valence-electron chi connectivity index (χ4n) is 0.890. The highest BCUT2D eigenvalue weighted by atomic mass is 16.4. The van der Waals surface area contributed by atoms with Gasteiger partial charge in [-0.3, -0.25) is 4.79 Å². The van der Waals surface area contributed by atoms with Gasteiger partial charge in [0, 0.05) is 5.92 Å². The van der Waals surface area contributed by atoms with E-state index in [1.807, 2.05) is 13.8 Å². The first-order valence-corrected chi connectivity index (χ1v) is 4.20. The number of carbonyl (C=O) groups is 1. The number of hydrogen-bond donors (Lipinski definition) is 1. The molecule has 1 atom stereocenters. The van der Waals surface area contributed by atoms with E-state index >= 15 is 0 Å². The molecule has 0 aromatic carbocycles. The molecular formula is C9H13NO3. The highest BCUT2D eigenvalue weighted by Gasteiger charge is 2.19. The van der Waals surface area contributed by atoms with Crippen LogP contribution in [0.15, 0.2) is 10.6 Å². The first-order chi connectivity index (χ1) is 6.02. The lowest BCUT2D eigenvalue weighted by Gasteiger charge is -2.00. The largest absolute Gasteiger partial charge is 0.481 e. The highest BCUT2D eigenvalue weighted by molar-refractivity contribution is 5.74. The molecule has 72 valence electrons. The number of carboxylic acid groups (broad SMARTS) is 1. The Morgan fingerprint density at radius 1 is 1.54 bits per heavy atom. The zero-order chi connectivity index (χ0) is 10.0. The zero-order valence-corrected chi connectivity index (χ0v) is 7.94. The first-order valence-electron chi connectivity index (χ1n) is 4.20. The second-order valence-electron chi connectivity index (χ2n) is 3.32. The van der Waals surface area contributed by atoms with Crippen LogP contribution in [0.25, 0.3) is 0 Å². The smallest absolute Gasteiger partial charge is 0.313 e. The van der Waals surface area contributed by atoms with E-state index < -0.39 is 11.9 Å². The van der Waals surface area contributed by atoms with Gasteiger partial charge < -0.3 is 9.52 Å². The lowest BCUT2D eigenvalue weighted by Crippen LogP contribution is -2.05. The van der Waals surface area contributed by atoms with Crippen molar-refractivity contribution in [3.05, 3.63) is 17.8 Å². The molecular weight excluding hydrogens is 170 g/mol. The molecule has 4 nitrogen and oxygen atoms in total. The van der Waals surface area contributed by atoms with Crippen LogP contribution in [0.2, 0.25) is 0 Å². The highest BCUT2D eigenvalue weighted by Crippen LogP contribution is 2.20. The normalized spacial score (nSPS) is 13.2. The number of aromatic nitrogens is 1. The second kappa shape index (κ2) is 3.60. The van der Waals surface area contributed by atoms with Gasteiger partial charge in [-0.05, 0) is 6.92 Å². The van der Waals surface area contributed by atoms with Gasteiger partial charge in [-0.15, -0.1) is 0 Å². The van der Waals surface area contributed by atoms with E-state index in [0.717, 1.165) is 0 Å². The second-order valence-corrected chi connectivity index (χ2v) is 3.32. The fourth-order valence-corrected chi connectivity index (χ4v) is 0.890. The number of nitrogens with zero attached hydrogens (tertiary/aromatic N) is 1. The Hall–Kier alpha value is -1.32. The molecule has 1 rings (SSSR count). The summed E-state index contributed by atoms with van der Waals surface area (Å²) >= 11 is 0. The van der Waals surface area contributed by atoms with Crippen molar-refractivity contribution in [2.45, 2.75) is 32.6 Å². The lowest BCUT2D eigenvalue weighted by molar-refractivity contribution is -0.138. The Kier molecular flexibility index (Phi) is 2.70. The summed E-state index contributed by atoms with van der Waals surface area (Å²) in [5.41, 5.74) is 0. The fraction of sp³-hybridized carbons (Fsp3) is 0.556. The minimum absolute atomic E-state index is 0.190. The third-order valence-corrected chi connectivity index (χ3v) is 1.83. The molecule has 0 bridgehead atoms. The molecule has 1 heterocycles. The summed E-state index contributed by atoms with van der Waals surface area (Å²) in [6.45, 7) is 5.47. The van der Waals surface area contributed by atoms with Gasteiger partial charge in [-0.1, -0.05) is 13.8 Å². The van der Waals surface area contributed by atoms with Gasteiger partial charge in [0.15, 0.2) is 5.89 Å². The van der Waals surface area contributed by atoms with E-state index in [1.54, 1.807) is 6.92 Å². The third kappa shape index (κ3) is 2.08. The van der Waals surface area contributed by atoms with E-state index in [-0.39, 0.29) is 5.92 Å². The molecule has 13 heavy (non-hydrogen) atoms. The number of rotatable bonds is 3. The number of aliphatic carboxylic acids is 1. The van der Waals surface area contributed by atoms with Crippen molar-refractivity contribution in [2.75, 3.05) is 0 Å². The summed E-state index contributed by atoms with van der Waals surface area (Å²) in [5.74, 6) is -0.333. The monoisotopic (exact) mass is 183 g/mol. The number of hydrogen-bond acceptors (Lipinski definition) is 3. The van der Waals surface area contributed by atoms with Gasteiger partial charge in [0.1, 0.15) is 11.7 Å². The quantitative estimate of drug-likeness (QED) is 0.778. The average molecular weight is 183 g/mol. The molecule has 0 radical (unpaired) electrons. The summed E-state index contributed by atoms with van der Waals surface area (Å²) < 4.78 is 5.28. The van der Waals surface area contributed by atoms with Crippen LogP contribution < -0.4 is 0 Å². The zero-order valence-electron chi connectivity index (χ0n) is 7.94. The van der Waals surface area contributed by atoms with Crippen LogP contribution >= 0.6 is 0 Å². The van der Waals surface area contributed by atoms with Crippen LogP contribution in [0.3, 0.4) is 0 Å². The molecule has 0 aliphatic carbocycles. The predicted octanol–water partition coefficient (Wildman–Crippen LogP) is 1.99. The van der Waals surface area contributed by atoms with Crippen molar-refractivity contribution in [1.82, 2.24) is 4.98 Å². The van der Waals surface area contributed by atoms with Crippen molar-refractivity contribution in [2.24, 2.45) is 0 Å². The maximum absolute atomic E-state index is 10.6. The Morgan fingerprint density at radius 3 is 2.54 bits per heavy atom. The van der Waals surface area contributed by atoms with Gasteiger partial charge in [-0.25, -0.2) is 4.98 Å². The van der Waals surface area contributed by atoms with E-state index in [9.17, 15) is 4.79 Å². The van der Waals surface area contributed by atoms with E-state index in [1.165, 1.54) is 6.20 Å². The Labute approximate surface area is 76.6 Å². The molecule has 0 fully saturated rings. The van der Waals surface area contributed by atoms with Gasteiger partial charge in [0.2, 0.25) is 0 Å². The molecule has 0 aliphatic heterocycles. The van der Waals surface area contributed by atoms with Crippen LogP contribution in [-0.2, 0) is 4.79 Å². The van der Waals surface area contributed by atoms with Crippen LogP contribution in [0.1, 0.15) is 44.3 Å². The standard InChI is InChI=1S/C9H13NO3/c1-5(2)8-10-4-7(13-8)6(3)9(11)12/h4-6H,1-3H3,(H,11,12). The Morgan fingerprint density at radius 2 is 2.15 bits per heavy atom. The molecule has 0 saturated heterocycles. The summed E-state index contributed by atoms with van der Waals surface area (Å²) in [7, 11) is 0. The maximum Gasteiger partial charge on any atom is 0.313 e. The predicted molar refractivity (Wildman–Crippen MR) is 46.6 cm³/mol. The SMILES string of the molecule is CC(C)c1ncc(C(C)C(=O)O)o1. The molecule has 1 aromatic rings. The Bertz CT molecular complexity index is 304. The summed E-state index contributed by atoms with van der Waals surface area (Å²) in [4.78, 5) is 14.6. The number of oxazole rings is 1. The van der Waals surface area contributed by atoms with Crippen molar-refractivity contribution >= 4 is 5.97 Å². The summed E-state index contributed by atoms with van der Waals surface area (Å²) in [6, 6.07) is 0. The molecule has 1 N–H and O–H groups in total. The van der Waals surface area contributed by atoms with Gasteiger partial charge in [0.05, 0.1) is 6.20 Å². The van der Waals surface area contributed by atoms with Crippen molar-refractivity contribution < 1.29 is 14.3 Å². The van der Waals surface area contributed by atoms with Crippen molar-refractivity contribution in [3.8, 4) is 0 Å². The molecule has 0 saturated carbocycles. The first kappa shape index (κ1) is 9.77. The Balaban J connectivity index is 2.85. The van der Waals surface area contributed by atoms with Crippen LogP contribution in [0.5, 0.6) is 0 Å². The molecule has 0 aliphatic rings. The average Bonchev–Trinajstić information content (AvgIpc) is 2.50. The molecule has 1 aromatic heterocycles. The minimum Gasteiger partial charge on any atom is -0.481 e. The van der Waals surface area contributed by atoms with Gasteiger partial charge in [-0.2, -0.15) is 0 Å². The molecule has 1 unspecified atom stereocenters. The van der Waals surface area contributed by atoms with Crippen LogP contribution in [0, 0.1) is 0 Å². The van der Waals surface area contributed by atoms with Gasteiger partial charge in [0.25, 0.3) is 0 Å². The molecule has 0 amide bonds. The third-order valence-electron chi connectivity index (χ3n) is 1.83. The summed E-state index contributed by atoms with van der Waals surface area (Å²) in [6.07, 6.45) is 1.48. The molecule has 4 heteroatoms. The topological polar surface area (TPSA) is 63.3 Å². The van der Waals surface area contributed by atoms with E-state index in [0.29, 0.717) is 11.7 Å². The van der Waals surface area contributed by atoms with Crippen LogP contribution in [-0.4, -0.2) is 16.1 Å². The van der Waals surface area contributed by atoms with Crippen molar-refractivity contribution in [3.63, 3.8) is 0 Å². The van der Waals surface area contributed by atoms with Gasteiger partial charge >= 0.3 is 5.97 Å². The number of carboxylic acids is 1. The molecule has 0 spiro atoms. The van der Waals surface area contributed by atoms with E-state index in [2.05, 4.69) is 4.98 Å². The lowest BCUT2D eigenvalue weighted by atomic mass is 10.1. The van der Waals surface area contributed by atoms with E-state index in [4.69, 9.17) is 9.52 Å². The van der Waals surface area contributed by atoms with Crippen molar-refractivity contribution in [1.29, 1.82) is 0 Å². The maximum atomic E-state index is 10.6. The minimum atomic E-state index is -0.897. The summed E-state index contributed by atoms with van der Waals surface area (Å²) in [5, 5.41) is 8.70.